The van der Waals surface area contributed by atoms with Crippen molar-refractivity contribution in [3.8, 4) is 0 Å². The molecule has 0 unspecified atom stereocenters. The van der Waals surface area contributed by atoms with Crippen molar-refractivity contribution < 1.29 is 4.52 Å². The Morgan fingerprint density at radius 3 is 2.74 bits per heavy atom. The lowest BCUT2D eigenvalue weighted by Crippen LogP contribution is -1.97. The fraction of sp³-hybridized carbons (Fsp3) is 0.412. The van der Waals surface area contributed by atoms with E-state index < -0.39 is 0 Å². The molecule has 0 amide bonds. The highest BCUT2D eigenvalue weighted by Crippen LogP contribution is 2.40. The van der Waals surface area contributed by atoms with Crippen LogP contribution in [0.15, 0.2) is 33.8 Å². The summed E-state index contributed by atoms with van der Waals surface area (Å²) >= 11 is 1.65. The van der Waals surface area contributed by atoms with Crippen molar-refractivity contribution in [1.82, 2.24) is 20.1 Å². The molecule has 0 saturated heterocycles. The molecule has 1 aromatic carbocycles. The van der Waals surface area contributed by atoms with Crippen molar-refractivity contribution >= 4 is 22.7 Å². The minimum absolute atomic E-state index is 0.252. The highest BCUT2D eigenvalue weighted by molar-refractivity contribution is 7.98. The molecular weight excluding hydrogens is 308 g/mol. The number of thioether (sulfide) groups is 1. The Kier molecular flexibility index (Phi) is 3.77. The van der Waals surface area contributed by atoms with E-state index in [-0.39, 0.29) is 5.92 Å². The molecule has 0 radical (unpaired) electrons. The summed E-state index contributed by atoms with van der Waals surface area (Å²) in [6.45, 7) is 4.09. The predicted octanol–water partition coefficient (Wildman–Crippen LogP) is 4.31. The van der Waals surface area contributed by atoms with Crippen LogP contribution in [0.25, 0.3) is 10.9 Å². The summed E-state index contributed by atoms with van der Waals surface area (Å²) in [4.78, 5) is 13.9. The number of nitrogens with zero attached hydrogens (tertiary/aromatic N) is 4. The van der Waals surface area contributed by atoms with Crippen LogP contribution < -0.4 is 0 Å². The molecule has 0 bridgehead atoms. The van der Waals surface area contributed by atoms with Crippen LogP contribution in [0.4, 0.5) is 0 Å². The van der Waals surface area contributed by atoms with Crippen LogP contribution in [0.5, 0.6) is 0 Å². The van der Waals surface area contributed by atoms with Gasteiger partial charge in [-0.3, -0.25) is 0 Å². The van der Waals surface area contributed by atoms with Crippen LogP contribution in [-0.4, -0.2) is 20.1 Å². The lowest BCUT2D eigenvalue weighted by atomic mass is 10.2. The standard InChI is InChI=1S/C17H18N4OS/c1-10(2)16-19-14(21-22-16)9-23-17-12-5-3-4-6-13(12)18-15(20-17)11-7-8-11/h3-6,10-11H,7-9H2,1-2H3. The fourth-order valence-electron chi connectivity index (χ4n) is 2.39. The molecule has 2 aromatic heterocycles. The first-order valence-corrected chi connectivity index (χ1v) is 8.91. The fourth-order valence-corrected chi connectivity index (χ4v) is 3.26. The minimum atomic E-state index is 0.252. The summed E-state index contributed by atoms with van der Waals surface area (Å²) in [5.74, 6) is 3.82. The Balaban J connectivity index is 1.61. The van der Waals surface area contributed by atoms with Gasteiger partial charge in [-0.05, 0) is 18.9 Å². The van der Waals surface area contributed by atoms with E-state index in [9.17, 15) is 0 Å². The maximum Gasteiger partial charge on any atom is 0.229 e. The van der Waals surface area contributed by atoms with Crippen LogP contribution in [0.2, 0.25) is 0 Å². The van der Waals surface area contributed by atoms with Crippen molar-refractivity contribution in [2.75, 3.05) is 0 Å². The molecule has 0 spiro atoms. The zero-order chi connectivity index (χ0) is 15.8. The second-order valence-electron chi connectivity index (χ2n) is 6.17. The maximum absolute atomic E-state index is 5.27. The largest absolute Gasteiger partial charge is 0.339 e. The van der Waals surface area contributed by atoms with Gasteiger partial charge in [-0.2, -0.15) is 4.98 Å². The van der Waals surface area contributed by atoms with Gasteiger partial charge in [0.1, 0.15) is 10.9 Å². The first-order chi connectivity index (χ1) is 11.2. The molecule has 3 aromatic rings. The van der Waals surface area contributed by atoms with Crippen LogP contribution in [-0.2, 0) is 5.75 Å². The average Bonchev–Trinajstić information content (AvgIpc) is 3.30. The van der Waals surface area contributed by atoms with E-state index in [4.69, 9.17) is 14.5 Å². The Morgan fingerprint density at radius 1 is 1.17 bits per heavy atom. The van der Waals surface area contributed by atoms with Gasteiger partial charge in [0.15, 0.2) is 5.82 Å². The second-order valence-corrected chi connectivity index (χ2v) is 7.13. The first kappa shape index (κ1) is 14.6. The van der Waals surface area contributed by atoms with Crippen LogP contribution in [0.1, 0.15) is 56.1 Å². The third-order valence-corrected chi connectivity index (χ3v) is 4.83. The van der Waals surface area contributed by atoms with E-state index in [0.717, 1.165) is 27.6 Å². The number of aromatic nitrogens is 4. The summed E-state index contributed by atoms with van der Waals surface area (Å²) in [6.07, 6.45) is 2.40. The third-order valence-electron chi connectivity index (χ3n) is 3.84. The van der Waals surface area contributed by atoms with Crippen LogP contribution in [0, 0.1) is 0 Å². The number of fused-ring (bicyclic) bond motifs is 1. The Morgan fingerprint density at radius 2 is 2.00 bits per heavy atom. The molecule has 0 aliphatic heterocycles. The van der Waals surface area contributed by atoms with Crippen molar-refractivity contribution in [1.29, 1.82) is 0 Å². The summed E-state index contributed by atoms with van der Waals surface area (Å²) in [7, 11) is 0. The van der Waals surface area contributed by atoms with Crippen molar-refractivity contribution in [2.45, 2.75) is 49.3 Å². The number of para-hydroxylation sites is 1. The lowest BCUT2D eigenvalue weighted by molar-refractivity contribution is 0.362. The highest BCUT2D eigenvalue weighted by atomic mass is 32.2. The Bertz CT molecular complexity index is 841. The number of hydrogen-bond donors (Lipinski definition) is 0. The average molecular weight is 326 g/mol. The van der Waals surface area contributed by atoms with E-state index in [2.05, 4.69) is 22.3 Å². The molecule has 118 valence electrons. The Hall–Kier alpha value is -1.95. The quantitative estimate of drug-likeness (QED) is 0.514. The summed E-state index contributed by atoms with van der Waals surface area (Å²) < 4.78 is 5.27. The lowest BCUT2D eigenvalue weighted by Gasteiger charge is -2.06. The van der Waals surface area contributed by atoms with Crippen LogP contribution in [0.3, 0.4) is 0 Å². The minimum Gasteiger partial charge on any atom is -0.339 e. The van der Waals surface area contributed by atoms with E-state index >= 15 is 0 Å². The topological polar surface area (TPSA) is 64.7 Å². The normalized spacial score (nSPS) is 14.7. The molecule has 6 heteroatoms. The van der Waals surface area contributed by atoms with Gasteiger partial charge in [-0.15, -0.1) is 0 Å². The molecule has 1 fully saturated rings. The molecule has 23 heavy (non-hydrogen) atoms. The molecule has 4 rings (SSSR count). The van der Waals surface area contributed by atoms with E-state index in [1.165, 1.54) is 12.8 Å². The molecule has 1 saturated carbocycles. The van der Waals surface area contributed by atoms with Gasteiger partial charge in [-0.25, -0.2) is 9.97 Å². The molecule has 0 atom stereocenters. The molecule has 1 aliphatic rings. The van der Waals surface area contributed by atoms with Crippen LogP contribution >= 0.6 is 11.8 Å². The second kappa shape index (κ2) is 5.92. The summed E-state index contributed by atoms with van der Waals surface area (Å²) in [5.41, 5.74) is 1.02. The van der Waals surface area contributed by atoms with E-state index in [1.807, 2.05) is 26.0 Å². The maximum atomic E-state index is 5.27. The molecule has 1 aliphatic carbocycles. The predicted molar refractivity (Wildman–Crippen MR) is 89.5 cm³/mol. The number of rotatable bonds is 5. The van der Waals surface area contributed by atoms with Gasteiger partial charge in [0, 0.05) is 17.2 Å². The van der Waals surface area contributed by atoms with E-state index in [1.54, 1.807) is 11.8 Å². The van der Waals surface area contributed by atoms with Crippen molar-refractivity contribution in [2.24, 2.45) is 0 Å². The first-order valence-electron chi connectivity index (χ1n) is 7.92. The molecule has 0 N–H and O–H groups in total. The molecule has 2 heterocycles. The van der Waals surface area contributed by atoms with Gasteiger partial charge in [0.25, 0.3) is 0 Å². The third kappa shape index (κ3) is 3.08. The Labute approximate surface area is 138 Å². The van der Waals surface area contributed by atoms with Crippen molar-refractivity contribution in [3.63, 3.8) is 0 Å². The van der Waals surface area contributed by atoms with Gasteiger partial charge in [-0.1, -0.05) is 49.0 Å². The van der Waals surface area contributed by atoms with E-state index in [0.29, 0.717) is 17.6 Å². The summed E-state index contributed by atoms with van der Waals surface area (Å²) in [5, 5.41) is 6.15. The molecule has 5 nitrogen and oxygen atoms in total. The SMILES string of the molecule is CC(C)c1nc(CSc2nc(C3CC3)nc3ccccc23)no1. The van der Waals surface area contributed by atoms with Crippen molar-refractivity contribution in [3.05, 3.63) is 41.8 Å². The number of hydrogen-bond acceptors (Lipinski definition) is 6. The zero-order valence-electron chi connectivity index (χ0n) is 13.2. The smallest absolute Gasteiger partial charge is 0.229 e. The summed E-state index contributed by atoms with van der Waals surface area (Å²) in [6, 6.07) is 8.18. The van der Waals surface area contributed by atoms with Gasteiger partial charge >= 0.3 is 0 Å². The highest BCUT2D eigenvalue weighted by Gasteiger charge is 2.27. The van der Waals surface area contributed by atoms with Gasteiger partial charge in [0.2, 0.25) is 5.89 Å². The zero-order valence-corrected chi connectivity index (χ0v) is 14.0. The molecular formula is C17H18N4OS. The van der Waals surface area contributed by atoms with Gasteiger partial charge < -0.3 is 4.52 Å². The number of benzene rings is 1. The monoisotopic (exact) mass is 326 g/mol. The van der Waals surface area contributed by atoms with Gasteiger partial charge in [0.05, 0.1) is 11.3 Å².